The Morgan fingerprint density at radius 2 is 2.14 bits per heavy atom. The van der Waals surface area contributed by atoms with Crippen LogP contribution < -0.4 is 11.1 Å². The van der Waals surface area contributed by atoms with E-state index in [9.17, 15) is 9.18 Å². The van der Waals surface area contributed by atoms with Crippen molar-refractivity contribution in [2.45, 2.75) is 13.0 Å². The zero-order valence-corrected chi connectivity index (χ0v) is 12.6. The summed E-state index contributed by atoms with van der Waals surface area (Å²) in [6.07, 6.45) is 0. The Hall–Kier alpha value is -1.73. The highest BCUT2D eigenvalue weighted by Crippen LogP contribution is 2.16. The Bertz CT molecular complexity index is 547. The topological polar surface area (TPSA) is 67.6 Å². The molecule has 0 spiro atoms. The van der Waals surface area contributed by atoms with Crippen LogP contribution in [-0.2, 0) is 9.53 Å². The lowest BCUT2D eigenvalue weighted by Gasteiger charge is -2.29. The maximum atomic E-state index is 13.8. The van der Waals surface area contributed by atoms with Gasteiger partial charge in [-0.05, 0) is 25.1 Å². The number of nitrogens with one attached hydrogen (secondary N) is 1. The number of thiocarbonyl (C=S) groups is 1. The monoisotopic (exact) mass is 311 g/mol. The fourth-order valence-corrected chi connectivity index (χ4v) is 2.34. The molecule has 5 nitrogen and oxygen atoms in total. The Kier molecular flexibility index (Phi) is 5.08. The number of benzene rings is 1. The van der Waals surface area contributed by atoms with E-state index in [1.54, 1.807) is 17.9 Å². The van der Waals surface area contributed by atoms with Gasteiger partial charge in [0.15, 0.2) is 0 Å². The van der Waals surface area contributed by atoms with Gasteiger partial charge in [-0.3, -0.25) is 4.79 Å². The maximum absolute atomic E-state index is 13.8. The summed E-state index contributed by atoms with van der Waals surface area (Å²) in [7, 11) is 0. The summed E-state index contributed by atoms with van der Waals surface area (Å²) >= 11 is 4.75. The highest BCUT2D eigenvalue weighted by atomic mass is 32.1. The van der Waals surface area contributed by atoms with Crippen molar-refractivity contribution in [2.24, 2.45) is 5.73 Å². The number of hydrogen-bond acceptors (Lipinski definition) is 4. The predicted molar refractivity (Wildman–Crippen MR) is 82.8 cm³/mol. The Morgan fingerprint density at radius 3 is 2.71 bits per heavy atom. The maximum Gasteiger partial charge on any atom is 0.244 e. The lowest BCUT2D eigenvalue weighted by atomic mass is 10.1. The van der Waals surface area contributed by atoms with Gasteiger partial charge in [0.25, 0.3) is 0 Å². The molecule has 1 unspecified atom stereocenters. The van der Waals surface area contributed by atoms with Gasteiger partial charge >= 0.3 is 0 Å². The largest absolute Gasteiger partial charge is 0.389 e. The molecule has 0 bridgehead atoms. The van der Waals surface area contributed by atoms with Gasteiger partial charge in [0.2, 0.25) is 5.91 Å². The molecule has 7 heteroatoms. The van der Waals surface area contributed by atoms with Gasteiger partial charge in [0.1, 0.15) is 16.8 Å². The van der Waals surface area contributed by atoms with Crippen molar-refractivity contribution < 1.29 is 13.9 Å². The predicted octanol–water partition coefficient (Wildman–Crippen LogP) is 1.12. The van der Waals surface area contributed by atoms with Crippen LogP contribution in [0.3, 0.4) is 0 Å². The Morgan fingerprint density at radius 1 is 1.48 bits per heavy atom. The molecule has 3 N–H and O–H groups in total. The quantitative estimate of drug-likeness (QED) is 0.816. The van der Waals surface area contributed by atoms with Crippen LogP contribution in [0.15, 0.2) is 18.2 Å². The SMILES string of the molecule is CC(Nc1ccc(C(N)=S)c(F)c1)C(=O)N1CCOCC1. The summed E-state index contributed by atoms with van der Waals surface area (Å²) in [5.74, 6) is -0.532. The van der Waals surface area contributed by atoms with E-state index in [-0.39, 0.29) is 16.5 Å². The molecule has 0 aliphatic carbocycles. The molecule has 0 radical (unpaired) electrons. The van der Waals surface area contributed by atoms with Gasteiger partial charge in [-0.15, -0.1) is 0 Å². The minimum atomic E-state index is -0.501. The third kappa shape index (κ3) is 3.89. The van der Waals surface area contributed by atoms with Crippen LogP contribution in [0.1, 0.15) is 12.5 Å². The van der Waals surface area contributed by atoms with Crippen LogP contribution >= 0.6 is 12.2 Å². The molecule has 2 rings (SSSR count). The Balaban J connectivity index is 2.01. The number of amides is 1. The number of anilines is 1. The molecule has 1 aromatic rings. The number of ether oxygens (including phenoxy) is 1. The van der Waals surface area contributed by atoms with Gasteiger partial charge in [-0.25, -0.2) is 4.39 Å². The number of halogens is 1. The minimum Gasteiger partial charge on any atom is -0.389 e. The third-order valence-electron chi connectivity index (χ3n) is 3.31. The molecular formula is C14H18FN3O2S. The summed E-state index contributed by atoms with van der Waals surface area (Å²) in [4.78, 5) is 14.0. The second-order valence-electron chi connectivity index (χ2n) is 4.86. The molecule has 1 aliphatic heterocycles. The van der Waals surface area contributed by atoms with E-state index in [0.29, 0.717) is 32.0 Å². The van der Waals surface area contributed by atoms with Crippen LogP contribution in [0.25, 0.3) is 0 Å². The molecular weight excluding hydrogens is 293 g/mol. The van der Waals surface area contributed by atoms with Crippen molar-refractivity contribution in [1.82, 2.24) is 4.90 Å². The zero-order valence-electron chi connectivity index (χ0n) is 11.8. The normalized spacial score (nSPS) is 16.4. The minimum absolute atomic E-state index is 0.0106. The van der Waals surface area contributed by atoms with Gasteiger partial charge in [-0.2, -0.15) is 0 Å². The number of nitrogens with zero attached hydrogens (tertiary/aromatic N) is 1. The molecule has 0 aromatic heterocycles. The average molecular weight is 311 g/mol. The summed E-state index contributed by atoms with van der Waals surface area (Å²) in [5, 5.41) is 2.99. The number of morpholine rings is 1. The van der Waals surface area contributed by atoms with E-state index in [0.717, 1.165) is 0 Å². The van der Waals surface area contributed by atoms with E-state index >= 15 is 0 Å². The summed E-state index contributed by atoms with van der Waals surface area (Å²) < 4.78 is 19.0. The van der Waals surface area contributed by atoms with Crippen molar-refractivity contribution in [3.8, 4) is 0 Å². The van der Waals surface area contributed by atoms with Crippen molar-refractivity contribution in [3.63, 3.8) is 0 Å². The molecule has 21 heavy (non-hydrogen) atoms. The average Bonchev–Trinajstić information content (AvgIpc) is 2.47. The number of rotatable bonds is 4. The number of nitrogens with two attached hydrogens (primary N) is 1. The van der Waals surface area contributed by atoms with Gasteiger partial charge in [-0.1, -0.05) is 12.2 Å². The fraction of sp³-hybridized carbons (Fsp3) is 0.429. The number of hydrogen-bond donors (Lipinski definition) is 2. The first-order valence-corrected chi connectivity index (χ1v) is 7.12. The third-order valence-corrected chi connectivity index (χ3v) is 3.53. The molecule has 1 aromatic carbocycles. The van der Waals surface area contributed by atoms with Crippen molar-refractivity contribution >= 4 is 28.8 Å². The molecule has 1 saturated heterocycles. The lowest BCUT2D eigenvalue weighted by Crippen LogP contribution is -2.47. The van der Waals surface area contributed by atoms with E-state index in [1.807, 2.05) is 0 Å². The van der Waals surface area contributed by atoms with Gasteiger partial charge < -0.3 is 20.7 Å². The number of carbonyl (C=O) groups excluding carboxylic acids is 1. The molecule has 1 atom stereocenters. The summed E-state index contributed by atoms with van der Waals surface area (Å²) in [5.41, 5.74) is 6.12. The van der Waals surface area contributed by atoms with E-state index < -0.39 is 11.9 Å². The van der Waals surface area contributed by atoms with Crippen LogP contribution in [0.2, 0.25) is 0 Å². The molecule has 0 saturated carbocycles. The van der Waals surface area contributed by atoms with Crippen LogP contribution in [0, 0.1) is 5.82 Å². The molecule has 1 amide bonds. The molecule has 1 fully saturated rings. The van der Waals surface area contributed by atoms with Crippen LogP contribution in [-0.4, -0.2) is 48.1 Å². The second kappa shape index (κ2) is 6.82. The Labute approximate surface area is 128 Å². The summed E-state index contributed by atoms with van der Waals surface area (Å²) in [6, 6.07) is 4.00. The van der Waals surface area contributed by atoms with Crippen LogP contribution in [0.4, 0.5) is 10.1 Å². The van der Waals surface area contributed by atoms with E-state index in [2.05, 4.69) is 5.32 Å². The highest BCUT2D eigenvalue weighted by molar-refractivity contribution is 7.80. The lowest BCUT2D eigenvalue weighted by molar-refractivity contribution is -0.135. The molecule has 1 aliphatic rings. The first kappa shape index (κ1) is 15.7. The first-order chi connectivity index (χ1) is 9.99. The number of carbonyl (C=O) groups is 1. The van der Waals surface area contributed by atoms with Crippen molar-refractivity contribution in [3.05, 3.63) is 29.6 Å². The zero-order chi connectivity index (χ0) is 15.4. The van der Waals surface area contributed by atoms with Crippen LogP contribution in [0.5, 0.6) is 0 Å². The van der Waals surface area contributed by atoms with Gasteiger partial charge in [0.05, 0.1) is 13.2 Å². The molecule has 114 valence electrons. The summed E-state index contributed by atoms with van der Waals surface area (Å²) in [6.45, 7) is 4.02. The van der Waals surface area contributed by atoms with Crippen molar-refractivity contribution in [1.29, 1.82) is 0 Å². The highest BCUT2D eigenvalue weighted by Gasteiger charge is 2.22. The van der Waals surface area contributed by atoms with E-state index in [1.165, 1.54) is 12.1 Å². The first-order valence-electron chi connectivity index (χ1n) is 6.71. The van der Waals surface area contributed by atoms with Crippen molar-refractivity contribution in [2.75, 3.05) is 31.6 Å². The fourth-order valence-electron chi connectivity index (χ4n) is 2.17. The molecule has 1 heterocycles. The van der Waals surface area contributed by atoms with E-state index in [4.69, 9.17) is 22.7 Å². The smallest absolute Gasteiger partial charge is 0.244 e. The second-order valence-corrected chi connectivity index (χ2v) is 5.30. The standard InChI is InChI=1S/C14H18FN3O2S/c1-9(14(19)18-4-6-20-7-5-18)17-10-2-3-11(13(16)21)12(15)8-10/h2-3,8-9,17H,4-7H2,1H3,(H2,16,21). The van der Waals surface area contributed by atoms with Gasteiger partial charge in [0, 0.05) is 24.3 Å².